The molecule has 0 unspecified atom stereocenters. The number of carbonyl (C=O) groups is 1. The Morgan fingerprint density at radius 2 is 1.72 bits per heavy atom. The minimum atomic E-state index is -3.54. The summed E-state index contributed by atoms with van der Waals surface area (Å²) in [5.41, 5.74) is 3.43. The second-order valence-corrected chi connectivity index (χ2v) is 10.8. The Morgan fingerprint density at radius 3 is 2.39 bits per heavy atom. The Balaban J connectivity index is 1.92. The molecular weight excluding hydrogens is 477 g/mol. The molecule has 36 heavy (non-hydrogen) atoms. The normalized spacial score (nSPS) is 12.6. The van der Waals surface area contributed by atoms with Gasteiger partial charge in [-0.2, -0.15) is 0 Å². The first kappa shape index (κ1) is 25.5. The van der Waals surface area contributed by atoms with Crippen molar-refractivity contribution >= 4 is 26.8 Å². The largest absolute Gasteiger partial charge is 0.345 e. The van der Waals surface area contributed by atoms with Gasteiger partial charge in [-0.3, -0.25) is 4.79 Å². The van der Waals surface area contributed by atoms with Gasteiger partial charge in [0.15, 0.2) is 0 Å². The van der Waals surface area contributed by atoms with Gasteiger partial charge in [-0.05, 0) is 30.2 Å². The minimum absolute atomic E-state index is 0.0413. The molecule has 3 aromatic carbocycles. The highest BCUT2D eigenvalue weighted by Crippen LogP contribution is 2.32. The summed E-state index contributed by atoms with van der Waals surface area (Å²) in [7, 11) is -2.06. The van der Waals surface area contributed by atoms with Gasteiger partial charge in [-0.15, -0.1) is 0 Å². The molecule has 1 atom stereocenters. The van der Waals surface area contributed by atoms with Crippen molar-refractivity contribution in [2.24, 2.45) is 0 Å². The maximum absolute atomic E-state index is 13.9. The number of hydrogen-bond donors (Lipinski definition) is 1. The van der Waals surface area contributed by atoms with Crippen LogP contribution in [0.15, 0.2) is 78.9 Å². The van der Waals surface area contributed by atoms with Gasteiger partial charge in [0.1, 0.15) is 5.82 Å². The number of sulfonamides is 1. The molecule has 0 aliphatic carbocycles. The molecule has 0 aliphatic heterocycles. The molecule has 1 amide bonds. The number of benzene rings is 3. The minimum Gasteiger partial charge on any atom is -0.345 e. The zero-order valence-electron chi connectivity index (χ0n) is 20.4. The van der Waals surface area contributed by atoms with Crippen LogP contribution in [0.5, 0.6) is 0 Å². The lowest BCUT2D eigenvalue weighted by atomic mass is 9.95. The van der Waals surface area contributed by atoms with Crippen molar-refractivity contribution in [2.45, 2.75) is 25.9 Å². The highest BCUT2D eigenvalue weighted by molar-refractivity contribution is 7.88. The fourth-order valence-electron chi connectivity index (χ4n) is 4.21. The highest BCUT2D eigenvalue weighted by atomic mass is 32.2. The van der Waals surface area contributed by atoms with E-state index in [-0.39, 0.29) is 18.3 Å². The van der Waals surface area contributed by atoms with Gasteiger partial charge in [0.05, 0.1) is 29.1 Å². The molecule has 0 bridgehead atoms. The van der Waals surface area contributed by atoms with Crippen LogP contribution in [0.1, 0.15) is 40.9 Å². The number of para-hydroxylation sites is 1. The Kier molecular flexibility index (Phi) is 7.47. The molecule has 6 nitrogen and oxygen atoms in total. The van der Waals surface area contributed by atoms with E-state index in [1.807, 2.05) is 55.5 Å². The number of pyridine rings is 1. The summed E-state index contributed by atoms with van der Waals surface area (Å²) >= 11 is 0. The maximum Gasteiger partial charge on any atom is 0.252 e. The molecule has 0 radical (unpaired) electrons. The lowest BCUT2D eigenvalue weighted by Gasteiger charge is -2.23. The molecule has 0 aliphatic rings. The summed E-state index contributed by atoms with van der Waals surface area (Å²) in [5, 5.41) is 3.66. The van der Waals surface area contributed by atoms with Gasteiger partial charge in [-0.25, -0.2) is 22.1 Å². The Morgan fingerprint density at radius 1 is 1.03 bits per heavy atom. The predicted octanol–water partition coefficient (Wildman–Crippen LogP) is 5.31. The standard InChI is InChI=1S/C28H28FN3O3S/c1-4-24(20-13-10-14-21(29)17-20)31-28(33)26-22-15-8-9-16-25(22)30-27(19-11-6-5-7-12-19)23(26)18-32(2)36(3,34)35/h5-17,24H,4,18H2,1-3H3,(H,31,33)/t24-/m0/s1. The number of halogens is 1. The maximum atomic E-state index is 13.9. The van der Waals surface area contributed by atoms with E-state index in [0.717, 1.165) is 11.8 Å². The van der Waals surface area contributed by atoms with Crippen molar-refractivity contribution in [1.82, 2.24) is 14.6 Å². The molecule has 0 saturated heterocycles. The van der Waals surface area contributed by atoms with Gasteiger partial charge in [0.2, 0.25) is 10.0 Å². The highest BCUT2D eigenvalue weighted by Gasteiger charge is 2.26. The van der Waals surface area contributed by atoms with E-state index in [9.17, 15) is 17.6 Å². The zero-order valence-corrected chi connectivity index (χ0v) is 21.2. The van der Waals surface area contributed by atoms with Crippen LogP contribution in [0.25, 0.3) is 22.2 Å². The van der Waals surface area contributed by atoms with E-state index in [0.29, 0.717) is 39.7 Å². The topological polar surface area (TPSA) is 79.4 Å². The van der Waals surface area contributed by atoms with Crippen LogP contribution in [0.2, 0.25) is 0 Å². The van der Waals surface area contributed by atoms with Crippen LogP contribution < -0.4 is 5.32 Å². The number of hydrogen-bond acceptors (Lipinski definition) is 4. The molecule has 1 aromatic heterocycles. The molecule has 4 rings (SSSR count). The Labute approximate surface area is 210 Å². The van der Waals surface area contributed by atoms with E-state index in [2.05, 4.69) is 5.32 Å². The molecule has 0 fully saturated rings. The molecule has 0 saturated carbocycles. The van der Waals surface area contributed by atoms with Crippen molar-refractivity contribution < 1.29 is 17.6 Å². The van der Waals surface area contributed by atoms with Crippen LogP contribution in [0.3, 0.4) is 0 Å². The average Bonchev–Trinajstić information content (AvgIpc) is 2.86. The third-order valence-corrected chi connectivity index (χ3v) is 7.44. The van der Waals surface area contributed by atoms with Crippen molar-refractivity contribution in [3.8, 4) is 11.3 Å². The van der Waals surface area contributed by atoms with Crippen molar-refractivity contribution in [3.05, 3.63) is 101 Å². The summed E-state index contributed by atoms with van der Waals surface area (Å²) in [4.78, 5) is 18.8. The first-order valence-electron chi connectivity index (χ1n) is 11.6. The van der Waals surface area contributed by atoms with Crippen molar-refractivity contribution in [3.63, 3.8) is 0 Å². The number of amides is 1. The van der Waals surface area contributed by atoms with Crippen molar-refractivity contribution in [2.75, 3.05) is 13.3 Å². The lowest BCUT2D eigenvalue weighted by Crippen LogP contribution is -2.31. The SMILES string of the molecule is CC[C@H](NC(=O)c1c(CN(C)S(C)(=O)=O)c(-c2ccccc2)nc2ccccc12)c1cccc(F)c1. The number of fused-ring (bicyclic) bond motifs is 1. The molecular formula is C28H28FN3O3S. The number of rotatable bonds is 8. The monoisotopic (exact) mass is 505 g/mol. The number of nitrogens with zero attached hydrogens (tertiary/aromatic N) is 2. The van der Waals surface area contributed by atoms with E-state index >= 15 is 0 Å². The molecule has 1 heterocycles. The molecule has 186 valence electrons. The zero-order chi connectivity index (χ0) is 25.9. The Bertz CT molecular complexity index is 1510. The van der Waals surface area contributed by atoms with Crippen LogP contribution >= 0.6 is 0 Å². The third-order valence-electron chi connectivity index (χ3n) is 6.18. The van der Waals surface area contributed by atoms with E-state index < -0.39 is 16.1 Å². The molecule has 1 N–H and O–H groups in total. The fraction of sp³-hybridized carbons (Fsp3) is 0.214. The van der Waals surface area contributed by atoms with Crippen LogP contribution in [-0.2, 0) is 16.6 Å². The van der Waals surface area contributed by atoms with Gasteiger partial charge >= 0.3 is 0 Å². The smallest absolute Gasteiger partial charge is 0.252 e. The average molecular weight is 506 g/mol. The third kappa shape index (κ3) is 5.45. The predicted molar refractivity (Wildman–Crippen MR) is 140 cm³/mol. The van der Waals surface area contributed by atoms with E-state index in [1.165, 1.54) is 23.5 Å². The van der Waals surface area contributed by atoms with Gasteiger partial charge in [0.25, 0.3) is 5.91 Å². The van der Waals surface area contributed by atoms with Gasteiger partial charge < -0.3 is 5.32 Å². The summed E-state index contributed by atoms with van der Waals surface area (Å²) in [6.07, 6.45) is 1.67. The van der Waals surface area contributed by atoms with Crippen LogP contribution in [-0.4, -0.2) is 36.9 Å². The van der Waals surface area contributed by atoms with Crippen LogP contribution in [0, 0.1) is 5.82 Å². The fourth-order valence-corrected chi connectivity index (χ4v) is 4.58. The van der Waals surface area contributed by atoms with Gasteiger partial charge in [-0.1, -0.05) is 67.6 Å². The number of aromatic nitrogens is 1. The Hall–Kier alpha value is -3.62. The van der Waals surface area contributed by atoms with Crippen molar-refractivity contribution in [1.29, 1.82) is 0 Å². The van der Waals surface area contributed by atoms with Gasteiger partial charge in [0, 0.05) is 30.1 Å². The molecule has 0 spiro atoms. The molecule has 8 heteroatoms. The van der Waals surface area contributed by atoms with E-state index in [4.69, 9.17) is 4.98 Å². The number of nitrogens with one attached hydrogen (secondary N) is 1. The van der Waals surface area contributed by atoms with E-state index in [1.54, 1.807) is 18.2 Å². The second-order valence-electron chi connectivity index (χ2n) is 8.71. The summed E-state index contributed by atoms with van der Waals surface area (Å²) in [5.74, 6) is -0.754. The summed E-state index contributed by atoms with van der Waals surface area (Å²) in [6.45, 7) is 1.87. The summed E-state index contributed by atoms with van der Waals surface area (Å²) in [6, 6.07) is 22.4. The first-order valence-corrected chi connectivity index (χ1v) is 13.5. The van der Waals surface area contributed by atoms with Crippen LogP contribution in [0.4, 0.5) is 4.39 Å². The lowest BCUT2D eigenvalue weighted by molar-refractivity contribution is 0.0935. The summed E-state index contributed by atoms with van der Waals surface area (Å²) < 4.78 is 39.8. The quantitative estimate of drug-likeness (QED) is 0.352. The molecule has 4 aromatic rings. The first-order chi connectivity index (χ1) is 17.2. The number of carbonyl (C=O) groups excluding carboxylic acids is 1. The second kappa shape index (κ2) is 10.6.